The van der Waals surface area contributed by atoms with Crippen molar-refractivity contribution in [1.82, 2.24) is 4.57 Å². The molecule has 0 amide bonds. The number of para-hydroxylation sites is 4. The number of fused-ring (bicyclic) bond motifs is 9. The third kappa shape index (κ3) is 4.95. The molecule has 0 saturated carbocycles. The Bertz CT molecular complexity index is 3500. The molecule has 0 aliphatic rings. The van der Waals surface area contributed by atoms with Crippen LogP contribution >= 0.6 is 0 Å². The van der Waals surface area contributed by atoms with Crippen LogP contribution in [0.5, 0.6) is 0 Å². The van der Waals surface area contributed by atoms with Crippen LogP contribution in [0.15, 0.2) is 215 Å². The van der Waals surface area contributed by atoms with Crippen LogP contribution in [0.2, 0.25) is 0 Å². The molecule has 0 atom stereocenters. The molecule has 4 nitrogen and oxygen atoms in total. The van der Waals surface area contributed by atoms with Crippen LogP contribution in [-0.2, 0) is 0 Å². The summed E-state index contributed by atoms with van der Waals surface area (Å²) in [7, 11) is 0. The van der Waals surface area contributed by atoms with Crippen molar-refractivity contribution in [2.45, 2.75) is 0 Å². The minimum absolute atomic E-state index is 0.857. The lowest BCUT2D eigenvalue weighted by atomic mass is 9.99. The van der Waals surface area contributed by atoms with Crippen molar-refractivity contribution in [2.24, 2.45) is 0 Å². The van der Waals surface area contributed by atoms with Crippen molar-refractivity contribution < 1.29 is 8.83 Å². The number of hydrogen-bond acceptors (Lipinski definition) is 3. The zero-order valence-corrected chi connectivity index (χ0v) is 31.3. The summed E-state index contributed by atoms with van der Waals surface area (Å²) in [6, 6.07) is 73.1. The minimum atomic E-state index is 0.857. The van der Waals surface area contributed by atoms with Crippen LogP contribution in [-0.4, -0.2) is 4.57 Å². The largest absolute Gasteiger partial charge is 0.456 e. The first-order valence-corrected chi connectivity index (χ1v) is 19.7. The molecule has 0 radical (unpaired) electrons. The summed E-state index contributed by atoms with van der Waals surface area (Å²) in [5, 5.41) is 6.77. The SMILES string of the molecule is c1ccc(-c2cccc3c2oc2ccc(-c4ccc(N(c5cccc6oc7ccccc7c56)c5cccc6c5c5ccccc5n6-c5ccccc5)cc4)cc23)cc1. The Morgan fingerprint density at radius 3 is 1.83 bits per heavy atom. The Hall–Kier alpha value is -7.82. The lowest BCUT2D eigenvalue weighted by Crippen LogP contribution is -2.11. The smallest absolute Gasteiger partial charge is 0.143 e. The first-order valence-electron chi connectivity index (χ1n) is 19.7. The Kier molecular flexibility index (Phi) is 7.20. The van der Waals surface area contributed by atoms with Gasteiger partial charge in [0.1, 0.15) is 22.3 Å². The van der Waals surface area contributed by atoms with Gasteiger partial charge in [-0.3, -0.25) is 0 Å². The Balaban J connectivity index is 1.06. The van der Waals surface area contributed by atoms with Crippen LogP contribution in [0.4, 0.5) is 17.1 Å². The summed E-state index contributed by atoms with van der Waals surface area (Å²) in [4.78, 5) is 2.41. The molecule has 0 fully saturated rings. The molecule has 0 saturated heterocycles. The van der Waals surface area contributed by atoms with E-state index in [9.17, 15) is 0 Å². The second kappa shape index (κ2) is 12.9. The molecule has 0 aliphatic carbocycles. The Labute approximate surface area is 334 Å². The summed E-state index contributed by atoms with van der Waals surface area (Å²) in [5.41, 5.74) is 14.7. The van der Waals surface area contributed by atoms with Gasteiger partial charge in [-0.15, -0.1) is 0 Å². The number of nitrogens with zero attached hydrogens (tertiary/aromatic N) is 2. The highest BCUT2D eigenvalue weighted by Crippen LogP contribution is 2.48. The minimum Gasteiger partial charge on any atom is -0.456 e. The lowest BCUT2D eigenvalue weighted by Gasteiger charge is -2.27. The first-order chi connectivity index (χ1) is 28.8. The molecule has 0 N–H and O–H groups in total. The highest BCUT2D eigenvalue weighted by Gasteiger charge is 2.24. The van der Waals surface area contributed by atoms with Crippen LogP contribution in [0, 0.1) is 0 Å². The van der Waals surface area contributed by atoms with Crippen molar-refractivity contribution in [3.8, 4) is 27.9 Å². The molecule has 58 heavy (non-hydrogen) atoms. The van der Waals surface area contributed by atoms with E-state index in [0.29, 0.717) is 0 Å². The Morgan fingerprint density at radius 2 is 0.983 bits per heavy atom. The van der Waals surface area contributed by atoms with Gasteiger partial charge in [0.15, 0.2) is 0 Å². The third-order valence-corrected chi connectivity index (χ3v) is 11.6. The van der Waals surface area contributed by atoms with Gasteiger partial charge < -0.3 is 18.3 Å². The second-order valence-corrected chi connectivity index (χ2v) is 14.9. The molecule has 0 unspecified atom stereocenters. The van der Waals surface area contributed by atoms with Gasteiger partial charge in [0.25, 0.3) is 0 Å². The lowest BCUT2D eigenvalue weighted by molar-refractivity contribution is 0.669. The molecule has 0 aliphatic heterocycles. The van der Waals surface area contributed by atoms with Gasteiger partial charge in [-0.1, -0.05) is 133 Å². The van der Waals surface area contributed by atoms with E-state index in [-0.39, 0.29) is 0 Å². The van der Waals surface area contributed by atoms with E-state index in [1.54, 1.807) is 0 Å². The topological polar surface area (TPSA) is 34.5 Å². The fourth-order valence-corrected chi connectivity index (χ4v) is 9.02. The standard InChI is InChI=1S/C54H34N2O2/c1-3-14-36(15-4-1)40-20-11-21-41-44-34-37(30-33-50(44)58-54(40)41)35-28-31-39(32-29-35)56(48-25-13-27-51-53(48)43-19-8-10-26-49(43)57-51)47-24-12-23-46-52(47)42-18-7-9-22-45(42)55(46)38-16-5-2-6-17-38/h1-34H. The average Bonchev–Trinajstić information content (AvgIpc) is 3.97. The second-order valence-electron chi connectivity index (χ2n) is 14.9. The molecular formula is C54H34N2O2. The van der Waals surface area contributed by atoms with Gasteiger partial charge in [-0.05, 0) is 89.5 Å². The zero-order chi connectivity index (χ0) is 38.2. The maximum atomic E-state index is 6.52. The Morgan fingerprint density at radius 1 is 0.362 bits per heavy atom. The number of anilines is 3. The number of hydrogen-bond donors (Lipinski definition) is 0. The molecule has 4 heteroatoms. The average molecular weight is 743 g/mol. The van der Waals surface area contributed by atoms with Gasteiger partial charge in [-0.2, -0.15) is 0 Å². The fourth-order valence-electron chi connectivity index (χ4n) is 9.02. The van der Waals surface area contributed by atoms with Crippen LogP contribution in [0.25, 0.3) is 93.6 Å². The molecule has 9 aromatic carbocycles. The predicted octanol–water partition coefficient (Wildman–Crippen LogP) is 15.4. The van der Waals surface area contributed by atoms with Crippen LogP contribution in [0.3, 0.4) is 0 Å². The molecular weight excluding hydrogens is 709 g/mol. The van der Waals surface area contributed by atoms with E-state index in [2.05, 4.69) is 204 Å². The number of furan rings is 2. The van der Waals surface area contributed by atoms with Crippen molar-refractivity contribution in [3.05, 3.63) is 206 Å². The van der Waals surface area contributed by atoms with Crippen LogP contribution in [0.1, 0.15) is 0 Å². The molecule has 12 rings (SSSR count). The molecule has 0 spiro atoms. The van der Waals surface area contributed by atoms with Gasteiger partial charge in [0, 0.05) is 43.9 Å². The number of rotatable bonds is 6. The quantitative estimate of drug-likeness (QED) is 0.170. The molecule has 272 valence electrons. The highest BCUT2D eigenvalue weighted by atomic mass is 16.3. The van der Waals surface area contributed by atoms with Crippen LogP contribution < -0.4 is 4.90 Å². The predicted molar refractivity (Wildman–Crippen MR) is 241 cm³/mol. The highest BCUT2D eigenvalue weighted by molar-refractivity contribution is 6.19. The van der Waals surface area contributed by atoms with Crippen molar-refractivity contribution in [1.29, 1.82) is 0 Å². The fraction of sp³-hybridized carbons (Fsp3) is 0. The van der Waals surface area contributed by atoms with E-state index in [4.69, 9.17) is 8.83 Å². The first kappa shape index (κ1) is 32.4. The summed E-state index contributed by atoms with van der Waals surface area (Å²) in [6.45, 7) is 0. The van der Waals surface area contributed by atoms with Crippen molar-refractivity contribution >= 4 is 82.7 Å². The zero-order valence-electron chi connectivity index (χ0n) is 31.3. The van der Waals surface area contributed by atoms with E-state index in [0.717, 1.165) is 99.9 Å². The normalized spacial score (nSPS) is 11.8. The molecule has 3 aromatic heterocycles. The van der Waals surface area contributed by atoms with E-state index in [1.165, 1.54) is 10.8 Å². The summed E-state index contributed by atoms with van der Waals surface area (Å²) >= 11 is 0. The van der Waals surface area contributed by atoms with E-state index in [1.807, 2.05) is 12.1 Å². The summed E-state index contributed by atoms with van der Waals surface area (Å²) in [5.74, 6) is 0. The monoisotopic (exact) mass is 742 g/mol. The number of aromatic nitrogens is 1. The van der Waals surface area contributed by atoms with Gasteiger partial charge >= 0.3 is 0 Å². The maximum Gasteiger partial charge on any atom is 0.143 e. The summed E-state index contributed by atoms with van der Waals surface area (Å²) < 4.78 is 15.4. The van der Waals surface area contributed by atoms with Gasteiger partial charge in [0.05, 0.1) is 27.8 Å². The van der Waals surface area contributed by atoms with Crippen molar-refractivity contribution in [3.63, 3.8) is 0 Å². The maximum absolute atomic E-state index is 6.52. The molecule has 3 heterocycles. The van der Waals surface area contributed by atoms with E-state index < -0.39 is 0 Å². The van der Waals surface area contributed by atoms with Crippen molar-refractivity contribution in [2.75, 3.05) is 4.90 Å². The number of benzene rings is 9. The summed E-state index contributed by atoms with van der Waals surface area (Å²) in [6.07, 6.45) is 0. The van der Waals surface area contributed by atoms with Gasteiger partial charge in [-0.25, -0.2) is 0 Å². The third-order valence-electron chi connectivity index (χ3n) is 11.6. The molecule has 0 bridgehead atoms. The molecule has 12 aromatic rings. The van der Waals surface area contributed by atoms with Gasteiger partial charge in [0.2, 0.25) is 0 Å². The van der Waals surface area contributed by atoms with E-state index >= 15 is 0 Å².